The van der Waals surface area contributed by atoms with E-state index in [1.165, 1.54) is 29.0 Å². The van der Waals surface area contributed by atoms with E-state index in [4.69, 9.17) is 22.0 Å². The summed E-state index contributed by atoms with van der Waals surface area (Å²) in [6, 6.07) is 18.5. The normalized spacial score (nSPS) is 11.2. The molecule has 0 unspecified atom stereocenters. The molecular formula is C18H25Cl2N2SiZr-. The van der Waals surface area contributed by atoms with Crippen LogP contribution in [-0.2, 0) is 27.4 Å². The van der Waals surface area contributed by atoms with Crippen molar-refractivity contribution in [3.63, 3.8) is 0 Å². The van der Waals surface area contributed by atoms with Crippen molar-refractivity contribution in [1.29, 1.82) is 0 Å². The molecule has 0 saturated heterocycles. The first-order chi connectivity index (χ1) is 11.7. The molecule has 0 atom stereocenters. The first-order valence-electron chi connectivity index (χ1n) is 8.30. The van der Waals surface area contributed by atoms with Gasteiger partial charge in [-0.2, -0.15) is 5.32 Å². The summed E-state index contributed by atoms with van der Waals surface area (Å²) in [5.74, 6) is 0. The molecule has 0 aliphatic rings. The number of aliphatic imine (C=N–C) groups is 1. The van der Waals surface area contributed by atoms with Crippen LogP contribution >= 0.6 is 17.0 Å². The molecule has 6 heteroatoms. The molecule has 0 bridgehead atoms. The van der Waals surface area contributed by atoms with Crippen LogP contribution in [0.15, 0.2) is 47.5 Å². The zero-order valence-corrected chi connectivity index (χ0v) is 19.6. The Balaban J connectivity index is 0.000000891. The van der Waals surface area contributed by atoms with Crippen LogP contribution in [0, 0.1) is 0 Å². The summed E-state index contributed by atoms with van der Waals surface area (Å²) in [6.45, 7) is 7.67. The molecule has 24 heavy (non-hydrogen) atoms. The minimum atomic E-state index is -1.35. The van der Waals surface area contributed by atoms with E-state index in [1.807, 2.05) is 24.4 Å². The Labute approximate surface area is 165 Å². The van der Waals surface area contributed by atoms with E-state index < -0.39 is 28.9 Å². The molecule has 1 aromatic heterocycles. The number of benzene rings is 1. The summed E-state index contributed by atoms with van der Waals surface area (Å²) in [5, 5.41) is 1.36. The Morgan fingerprint density at radius 1 is 1.00 bits per heavy atom. The molecule has 1 aromatic carbocycles. The summed E-state index contributed by atoms with van der Waals surface area (Å²) >= 11 is -0.826. The Kier molecular flexibility index (Phi) is 11.2. The first kappa shape index (κ1) is 21.9. The van der Waals surface area contributed by atoms with Gasteiger partial charge in [0.1, 0.15) is 0 Å². The molecule has 1 heterocycles. The number of nitrogens with zero attached hydrogens (tertiary/aromatic N) is 2. The van der Waals surface area contributed by atoms with Crippen LogP contribution in [0.4, 0.5) is 0 Å². The molecule has 2 nitrogen and oxygen atoms in total. The fourth-order valence-corrected chi connectivity index (χ4v) is 6.26. The molecule has 0 aliphatic carbocycles. The number of hydrogen-bond donors (Lipinski definition) is 0. The second kappa shape index (κ2) is 12.2. The van der Waals surface area contributed by atoms with Gasteiger partial charge < -0.3 is 4.98 Å². The van der Waals surface area contributed by atoms with Crippen LogP contribution in [0.2, 0.25) is 18.1 Å². The van der Waals surface area contributed by atoms with Crippen LogP contribution in [0.5, 0.6) is 0 Å². The molecule has 0 radical (unpaired) electrons. The van der Waals surface area contributed by atoms with Crippen molar-refractivity contribution in [2.45, 2.75) is 45.4 Å². The first-order valence-corrected chi connectivity index (χ1v) is 17.2. The number of aromatic nitrogens is 1. The van der Waals surface area contributed by atoms with Crippen molar-refractivity contribution in [3.05, 3.63) is 53.7 Å². The van der Waals surface area contributed by atoms with Crippen molar-refractivity contribution in [3.8, 4) is 0 Å². The molecule has 130 valence electrons. The van der Waals surface area contributed by atoms with Gasteiger partial charge in [0.05, 0.1) is 14.6 Å². The predicted octanol–water partition coefficient (Wildman–Crippen LogP) is 5.35. The van der Waals surface area contributed by atoms with Crippen molar-refractivity contribution in [1.82, 2.24) is 4.98 Å². The van der Waals surface area contributed by atoms with E-state index >= 15 is 0 Å². The summed E-state index contributed by atoms with van der Waals surface area (Å²) in [4.78, 5) is 9.35. The van der Waals surface area contributed by atoms with E-state index in [-0.39, 0.29) is 0 Å². The summed E-state index contributed by atoms with van der Waals surface area (Å²) in [6.07, 6.45) is 1.91. The maximum absolute atomic E-state index is 4.93. The van der Waals surface area contributed by atoms with Crippen LogP contribution in [0.1, 0.15) is 32.0 Å². The molecule has 0 N–H and O–H groups in total. The fourth-order valence-electron chi connectivity index (χ4n) is 2.87. The topological polar surface area (TPSA) is 26.5 Å². The van der Waals surface area contributed by atoms with Gasteiger partial charge in [-0.25, -0.2) is 0 Å². The Hall–Kier alpha value is -0.150. The van der Waals surface area contributed by atoms with Gasteiger partial charge in [-0.15, -0.1) is 5.69 Å². The van der Waals surface area contributed by atoms with Crippen LogP contribution in [0.25, 0.3) is 0 Å². The Bertz CT molecular complexity index is 590. The van der Waals surface area contributed by atoms with Gasteiger partial charge in [-0.1, -0.05) is 81.4 Å². The average Bonchev–Trinajstić information content (AvgIpc) is 3.08. The molecule has 0 amide bonds. The quantitative estimate of drug-likeness (QED) is 0.405. The third-order valence-electron chi connectivity index (χ3n) is 4.58. The van der Waals surface area contributed by atoms with Gasteiger partial charge in [0.2, 0.25) is 0 Å². The van der Waals surface area contributed by atoms with Crippen molar-refractivity contribution in [2.24, 2.45) is 4.99 Å². The van der Waals surface area contributed by atoms with Crippen LogP contribution in [0.3, 0.4) is 0 Å². The number of rotatable bonds is 7. The van der Waals surface area contributed by atoms with E-state index in [1.54, 1.807) is 0 Å². The Morgan fingerprint density at radius 3 is 2.12 bits per heavy atom. The third kappa shape index (κ3) is 6.63. The van der Waals surface area contributed by atoms with E-state index in [9.17, 15) is 0 Å². The van der Waals surface area contributed by atoms with Crippen molar-refractivity contribution < 1.29 is 20.8 Å². The number of halogens is 2. The van der Waals surface area contributed by atoms with Crippen molar-refractivity contribution in [2.75, 3.05) is 0 Å². The average molecular weight is 460 g/mol. The van der Waals surface area contributed by atoms with Gasteiger partial charge in [0.25, 0.3) is 0 Å². The Morgan fingerprint density at radius 2 is 1.58 bits per heavy atom. The zero-order chi connectivity index (χ0) is 17.8. The van der Waals surface area contributed by atoms with Gasteiger partial charge >= 0.3 is 37.9 Å². The molecule has 0 aliphatic heterocycles. The third-order valence-corrected chi connectivity index (χ3v) is 10.0. The van der Waals surface area contributed by atoms with Gasteiger partial charge in [0, 0.05) is 6.21 Å². The predicted molar refractivity (Wildman–Crippen MR) is 106 cm³/mol. The van der Waals surface area contributed by atoms with Crippen LogP contribution in [-0.4, -0.2) is 14.3 Å². The second-order valence-electron chi connectivity index (χ2n) is 5.62. The van der Waals surface area contributed by atoms with E-state index in [0.717, 1.165) is 12.2 Å². The van der Waals surface area contributed by atoms with Crippen LogP contribution < -0.4 is 10.3 Å². The van der Waals surface area contributed by atoms with Gasteiger partial charge in [-0.3, -0.25) is 4.99 Å². The van der Waals surface area contributed by atoms with E-state index in [2.05, 4.69) is 50.0 Å². The van der Waals surface area contributed by atoms with Gasteiger partial charge in [0.15, 0.2) is 0 Å². The molecular weight excluding hydrogens is 434 g/mol. The maximum atomic E-state index is 4.93. The minimum absolute atomic E-state index is 0.723. The molecule has 2 rings (SSSR count). The van der Waals surface area contributed by atoms with Gasteiger partial charge in [-0.05, 0) is 5.56 Å². The SMILES string of the molecule is CC[Si](CC)(CC)c1ccc(C=NCc2ccccc2)[n-]1.[Cl][Zr][Cl]. The zero-order valence-electron chi connectivity index (χ0n) is 14.6. The summed E-state index contributed by atoms with van der Waals surface area (Å²) < 4.78 is 0. The second-order valence-corrected chi connectivity index (χ2v) is 14.5. The summed E-state index contributed by atoms with van der Waals surface area (Å²) in [5.41, 5.74) is 2.24. The molecule has 0 spiro atoms. The molecule has 2 aromatic rings. The van der Waals surface area contributed by atoms with E-state index in [0.29, 0.717) is 0 Å². The molecule has 0 saturated carbocycles. The summed E-state index contributed by atoms with van der Waals surface area (Å²) in [7, 11) is 8.52. The standard InChI is InChI=1S/C18H25N2Si.2ClH.Zr/c1-4-21(5-2,6-3)18-13-12-17(20-18)15-19-14-16-10-8-7-9-11-16;;;/h7-13,15H,4-6,14H2,1-3H3;2*1H;/q-1;;;+2/p-2. The number of hydrogen-bond acceptors (Lipinski definition) is 1. The monoisotopic (exact) mass is 457 g/mol. The fraction of sp³-hybridized carbons (Fsp3) is 0.389. The molecule has 0 fully saturated rings. The van der Waals surface area contributed by atoms with Crippen molar-refractivity contribution >= 4 is 36.6 Å².